The van der Waals surface area contributed by atoms with Crippen LogP contribution in [0, 0.1) is 0 Å². The third kappa shape index (κ3) is 1.30. The van der Waals surface area contributed by atoms with Crippen molar-refractivity contribution >= 4 is 16.6 Å². The van der Waals surface area contributed by atoms with Gasteiger partial charge in [0.05, 0.1) is 0 Å². The van der Waals surface area contributed by atoms with Crippen molar-refractivity contribution in [3.8, 4) is 0 Å². The van der Waals surface area contributed by atoms with Gasteiger partial charge in [0, 0.05) is 29.9 Å². The highest BCUT2D eigenvalue weighted by Gasteiger charge is 2.14. The standard InChI is InChI=1S/C9H9F2N3/c1-14-4-5-2-6(12)3-7(9(10)11)8(5)13-14/h2-4,9H,12H2,1H3. The second-order valence-corrected chi connectivity index (χ2v) is 3.15. The first-order valence-electron chi connectivity index (χ1n) is 4.09. The second-order valence-electron chi connectivity index (χ2n) is 3.15. The number of fused-ring (bicyclic) bond motifs is 1. The molecule has 0 saturated heterocycles. The van der Waals surface area contributed by atoms with E-state index in [1.807, 2.05) is 0 Å². The molecule has 0 fully saturated rings. The van der Waals surface area contributed by atoms with Gasteiger partial charge in [-0.3, -0.25) is 4.68 Å². The Morgan fingerprint density at radius 3 is 2.79 bits per heavy atom. The van der Waals surface area contributed by atoms with Crippen molar-refractivity contribution in [1.82, 2.24) is 9.78 Å². The van der Waals surface area contributed by atoms with E-state index < -0.39 is 6.43 Å². The minimum Gasteiger partial charge on any atom is -0.399 e. The van der Waals surface area contributed by atoms with Gasteiger partial charge in [0.25, 0.3) is 6.43 Å². The van der Waals surface area contributed by atoms with Gasteiger partial charge in [0.15, 0.2) is 0 Å². The summed E-state index contributed by atoms with van der Waals surface area (Å²) in [5, 5.41) is 4.60. The lowest BCUT2D eigenvalue weighted by atomic mass is 10.1. The van der Waals surface area contributed by atoms with E-state index in [0.717, 1.165) is 0 Å². The molecule has 0 amide bonds. The molecule has 0 unspecified atom stereocenters. The van der Waals surface area contributed by atoms with Gasteiger partial charge in [-0.05, 0) is 12.1 Å². The summed E-state index contributed by atoms with van der Waals surface area (Å²) in [7, 11) is 1.69. The Kier molecular flexibility index (Phi) is 1.87. The average molecular weight is 197 g/mol. The van der Waals surface area contributed by atoms with Crippen LogP contribution in [0.1, 0.15) is 12.0 Å². The summed E-state index contributed by atoms with van der Waals surface area (Å²) in [6.45, 7) is 0. The third-order valence-electron chi connectivity index (χ3n) is 2.01. The highest BCUT2D eigenvalue weighted by atomic mass is 19.3. The summed E-state index contributed by atoms with van der Waals surface area (Å²) in [6.07, 6.45) is -0.881. The summed E-state index contributed by atoms with van der Waals surface area (Å²) >= 11 is 0. The zero-order chi connectivity index (χ0) is 10.3. The Bertz CT molecular complexity index is 476. The number of rotatable bonds is 1. The first-order valence-corrected chi connectivity index (χ1v) is 4.09. The summed E-state index contributed by atoms with van der Waals surface area (Å²) in [4.78, 5) is 0. The maximum Gasteiger partial charge on any atom is 0.266 e. The van der Waals surface area contributed by atoms with E-state index in [1.54, 1.807) is 19.3 Å². The van der Waals surface area contributed by atoms with Crippen LogP contribution in [0.5, 0.6) is 0 Å². The molecule has 14 heavy (non-hydrogen) atoms. The summed E-state index contributed by atoms with van der Waals surface area (Å²) in [5.74, 6) is 0. The van der Waals surface area contributed by atoms with E-state index >= 15 is 0 Å². The molecule has 2 aromatic rings. The molecule has 5 heteroatoms. The molecule has 1 aromatic carbocycles. The van der Waals surface area contributed by atoms with Crippen LogP contribution < -0.4 is 5.73 Å². The summed E-state index contributed by atoms with van der Waals surface area (Å²) in [5.41, 5.74) is 6.04. The minimum absolute atomic E-state index is 0.111. The van der Waals surface area contributed by atoms with Crippen LogP contribution in [-0.2, 0) is 7.05 Å². The number of alkyl halides is 2. The van der Waals surface area contributed by atoms with Crippen LogP contribution in [0.2, 0.25) is 0 Å². The lowest BCUT2D eigenvalue weighted by molar-refractivity contribution is 0.153. The van der Waals surface area contributed by atoms with Crippen LogP contribution in [0.15, 0.2) is 18.3 Å². The Labute approximate surface area is 79.1 Å². The molecule has 0 radical (unpaired) electrons. The quantitative estimate of drug-likeness (QED) is 0.711. The number of nitrogens with two attached hydrogens (primary N) is 1. The van der Waals surface area contributed by atoms with Crippen LogP contribution in [0.3, 0.4) is 0 Å². The molecule has 1 aromatic heterocycles. The molecule has 2 N–H and O–H groups in total. The molecular formula is C9H9F2N3. The fourth-order valence-electron chi connectivity index (χ4n) is 1.47. The molecule has 0 bridgehead atoms. The minimum atomic E-state index is -2.55. The molecule has 1 heterocycles. The number of benzene rings is 1. The summed E-state index contributed by atoms with van der Waals surface area (Å²) in [6, 6.07) is 2.90. The van der Waals surface area contributed by atoms with Crippen molar-refractivity contribution in [2.75, 3.05) is 5.73 Å². The van der Waals surface area contributed by atoms with Crippen molar-refractivity contribution in [2.24, 2.45) is 7.05 Å². The smallest absolute Gasteiger partial charge is 0.266 e. The van der Waals surface area contributed by atoms with Crippen molar-refractivity contribution in [1.29, 1.82) is 0 Å². The fraction of sp³-hybridized carbons (Fsp3) is 0.222. The molecule has 0 aliphatic heterocycles. The van der Waals surface area contributed by atoms with Crippen LogP contribution in [-0.4, -0.2) is 9.78 Å². The number of anilines is 1. The lowest BCUT2D eigenvalue weighted by Crippen LogP contribution is -1.92. The zero-order valence-corrected chi connectivity index (χ0v) is 7.54. The van der Waals surface area contributed by atoms with Gasteiger partial charge in [-0.1, -0.05) is 0 Å². The molecule has 0 saturated carbocycles. The molecule has 0 atom stereocenters. The molecule has 74 valence electrons. The van der Waals surface area contributed by atoms with E-state index in [9.17, 15) is 8.78 Å². The van der Waals surface area contributed by atoms with Gasteiger partial charge >= 0.3 is 0 Å². The molecule has 0 spiro atoms. The number of hydrogen-bond donors (Lipinski definition) is 1. The van der Waals surface area contributed by atoms with Crippen LogP contribution in [0.4, 0.5) is 14.5 Å². The maximum atomic E-state index is 12.6. The number of nitrogen functional groups attached to an aromatic ring is 1. The highest BCUT2D eigenvalue weighted by Crippen LogP contribution is 2.28. The van der Waals surface area contributed by atoms with Crippen molar-refractivity contribution in [3.63, 3.8) is 0 Å². The van der Waals surface area contributed by atoms with E-state index in [0.29, 0.717) is 16.6 Å². The maximum absolute atomic E-state index is 12.6. The molecule has 0 aliphatic rings. The van der Waals surface area contributed by atoms with Gasteiger partial charge in [0.2, 0.25) is 0 Å². The second kappa shape index (κ2) is 2.94. The fourth-order valence-corrected chi connectivity index (χ4v) is 1.47. The van der Waals surface area contributed by atoms with Gasteiger partial charge in [-0.25, -0.2) is 8.78 Å². The SMILES string of the molecule is Cn1cc2cc(N)cc(C(F)F)c2n1. The Morgan fingerprint density at radius 1 is 1.43 bits per heavy atom. The Hall–Kier alpha value is -1.65. The number of aryl methyl sites for hydroxylation is 1. The molecule has 0 aliphatic carbocycles. The third-order valence-corrected chi connectivity index (χ3v) is 2.01. The predicted octanol–water partition coefficient (Wildman–Crippen LogP) is 2.09. The van der Waals surface area contributed by atoms with Crippen molar-refractivity contribution in [2.45, 2.75) is 6.43 Å². The van der Waals surface area contributed by atoms with Crippen molar-refractivity contribution < 1.29 is 8.78 Å². The van der Waals surface area contributed by atoms with E-state index in [2.05, 4.69) is 5.10 Å². The van der Waals surface area contributed by atoms with Crippen LogP contribution in [0.25, 0.3) is 10.9 Å². The first kappa shape index (κ1) is 8.93. The molecule has 2 rings (SSSR count). The van der Waals surface area contributed by atoms with E-state index in [4.69, 9.17) is 5.73 Å². The topological polar surface area (TPSA) is 43.8 Å². The average Bonchev–Trinajstić information content (AvgIpc) is 2.42. The van der Waals surface area contributed by atoms with Crippen molar-refractivity contribution in [3.05, 3.63) is 23.9 Å². The van der Waals surface area contributed by atoms with Gasteiger partial charge in [-0.15, -0.1) is 0 Å². The first-order chi connectivity index (χ1) is 6.58. The molecule has 3 nitrogen and oxygen atoms in total. The van der Waals surface area contributed by atoms with Crippen LogP contribution >= 0.6 is 0 Å². The highest BCUT2D eigenvalue weighted by molar-refractivity contribution is 5.85. The van der Waals surface area contributed by atoms with Gasteiger partial charge < -0.3 is 5.73 Å². The Balaban J connectivity index is 2.79. The molecular weight excluding hydrogens is 188 g/mol. The largest absolute Gasteiger partial charge is 0.399 e. The van der Waals surface area contributed by atoms with Gasteiger partial charge in [-0.2, -0.15) is 5.10 Å². The number of aromatic nitrogens is 2. The number of halogens is 2. The normalized spacial score (nSPS) is 11.4. The summed E-state index contributed by atoms with van der Waals surface area (Å²) < 4.78 is 26.7. The number of hydrogen-bond acceptors (Lipinski definition) is 2. The lowest BCUT2D eigenvalue weighted by Gasteiger charge is -2.01. The number of nitrogens with zero attached hydrogens (tertiary/aromatic N) is 2. The van der Waals surface area contributed by atoms with Gasteiger partial charge in [0.1, 0.15) is 5.52 Å². The predicted molar refractivity (Wildman–Crippen MR) is 50.1 cm³/mol. The zero-order valence-electron chi connectivity index (χ0n) is 7.54. The monoisotopic (exact) mass is 197 g/mol. The van der Waals surface area contributed by atoms with E-state index in [1.165, 1.54) is 10.7 Å². The van der Waals surface area contributed by atoms with E-state index in [-0.39, 0.29) is 5.56 Å². The Morgan fingerprint density at radius 2 is 2.14 bits per heavy atom.